The zero-order chi connectivity index (χ0) is 21.1. The van der Waals surface area contributed by atoms with Crippen LogP contribution in [0.3, 0.4) is 0 Å². The second-order valence-corrected chi connectivity index (χ2v) is 6.82. The van der Waals surface area contributed by atoms with E-state index in [0.29, 0.717) is 19.8 Å². The van der Waals surface area contributed by atoms with Crippen LogP contribution in [-0.4, -0.2) is 21.6 Å². The van der Waals surface area contributed by atoms with Gasteiger partial charge in [0.1, 0.15) is 19.8 Å². The molecule has 0 aliphatic heterocycles. The molecule has 0 unspecified atom stereocenters. The van der Waals surface area contributed by atoms with E-state index in [9.17, 15) is 0 Å². The molecule has 0 saturated carbocycles. The summed E-state index contributed by atoms with van der Waals surface area (Å²) in [5, 5.41) is 0. The van der Waals surface area contributed by atoms with Crippen molar-refractivity contribution in [3.63, 3.8) is 0 Å². The predicted octanol–water partition coefficient (Wildman–Crippen LogP) is 4.85. The van der Waals surface area contributed by atoms with Gasteiger partial charge in [-0.25, -0.2) is 0 Å². The molecule has 156 valence electrons. The first-order valence-corrected chi connectivity index (χ1v) is 10.1. The van der Waals surface area contributed by atoms with E-state index in [4.69, 9.17) is 14.2 Å². The summed E-state index contributed by atoms with van der Waals surface area (Å²) < 4.78 is 17.4. The third-order valence-electron chi connectivity index (χ3n) is 4.44. The van der Waals surface area contributed by atoms with E-state index >= 15 is 0 Å². The van der Waals surface area contributed by atoms with Gasteiger partial charge in [0.15, 0.2) is 0 Å². The molecule has 0 atom stereocenters. The van der Waals surface area contributed by atoms with Crippen molar-refractivity contribution in [2.45, 2.75) is 19.6 Å². The quantitative estimate of drug-likeness (QED) is 0.500. The first-order valence-electron chi connectivity index (χ1n) is 10.1. The summed E-state index contributed by atoms with van der Waals surface area (Å²) in [6.45, 7) is 1.02. The third-order valence-corrected chi connectivity index (χ3v) is 4.44. The van der Waals surface area contributed by atoms with E-state index in [1.54, 1.807) is 0 Å². The molecule has 2 aromatic carbocycles. The lowest BCUT2D eigenvalue weighted by Gasteiger charge is -2.10. The Morgan fingerprint density at radius 2 is 1.13 bits per heavy atom. The number of ether oxygens (including phenoxy) is 3. The number of aromatic nitrogens is 3. The van der Waals surface area contributed by atoms with Gasteiger partial charge in [-0.2, -0.15) is 0 Å². The van der Waals surface area contributed by atoms with Crippen LogP contribution in [0.1, 0.15) is 17.5 Å². The van der Waals surface area contributed by atoms with Gasteiger partial charge < -0.3 is 14.2 Å². The van der Waals surface area contributed by atoms with E-state index < -0.39 is 0 Å². The first kappa shape index (κ1) is 20.3. The topological polar surface area (TPSA) is 66.4 Å². The fraction of sp³-hybridized carbons (Fsp3) is 0.160. The summed E-state index contributed by atoms with van der Waals surface area (Å²) in [6.07, 6.45) is 11.0. The molecule has 3 aromatic rings. The second-order valence-electron chi connectivity index (χ2n) is 6.82. The highest BCUT2D eigenvalue weighted by Crippen LogP contribution is 2.18. The molecule has 0 saturated heterocycles. The van der Waals surface area contributed by atoms with Crippen LogP contribution in [0.4, 0.5) is 0 Å². The van der Waals surface area contributed by atoms with Gasteiger partial charge in [-0.05, 0) is 23.1 Å². The largest absolute Gasteiger partial charge is 0.458 e. The van der Waals surface area contributed by atoms with Crippen LogP contribution >= 0.6 is 0 Å². The van der Waals surface area contributed by atoms with E-state index in [1.165, 1.54) is 0 Å². The predicted molar refractivity (Wildman–Crippen MR) is 118 cm³/mol. The van der Waals surface area contributed by atoms with Crippen LogP contribution in [0, 0.1) is 0 Å². The number of allylic oxidation sites excluding steroid dienone is 4. The van der Waals surface area contributed by atoms with Gasteiger partial charge in [0.05, 0.1) is 0 Å². The molecule has 1 aromatic heterocycles. The maximum absolute atomic E-state index is 5.82. The Morgan fingerprint density at radius 1 is 0.613 bits per heavy atom. The zero-order valence-corrected chi connectivity index (χ0v) is 17.1. The van der Waals surface area contributed by atoms with E-state index in [-0.39, 0.29) is 18.0 Å². The molecule has 0 fully saturated rings. The Hall–Kier alpha value is -3.93. The molecule has 31 heavy (non-hydrogen) atoms. The van der Waals surface area contributed by atoms with Crippen molar-refractivity contribution < 1.29 is 14.2 Å². The van der Waals surface area contributed by atoms with Crippen LogP contribution < -0.4 is 14.2 Å². The Kier molecular flexibility index (Phi) is 7.05. The Balaban J connectivity index is 1.47. The van der Waals surface area contributed by atoms with Crippen molar-refractivity contribution in [2.75, 3.05) is 6.61 Å². The Bertz CT molecular complexity index is 1000. The lowest BCUT2D eigenvalue weighted by Crippen LogP contribution is -2.09. The summed E-state index contributed by atoms with van der Waals surface area (Å²) in [5.41, 5.74) is 3.07. The molecule has 6 nitrogen and oxygen atoms in total. The summed E-state index contributed by atoms with van der Waals surface area (Å²) >= 11 is 0. The minimum Gasteiger partial charge on any atom is -0.458 e. The molecule has 0 amide bonds. The van der Waals surface area contributed by atoms with E-state index in [0.717, 1.165) is 23.1 Å². The molecule has 0 N–H and O–H groups in total. The molecule has 6 heteroatoms. The molecule has 1 heterocycles. The maximum atomic E-state index is 5.82. The number of benzene rings is 2. The van der Waals surface area contributed by atoms with Crippen LogP contribution in [-0.2, 0) is 13.2 Å². The van der Waals surface area contributed by atoms with E-state index in [2.05, 4.69) is 27.1 Å². The highest BCUT2D eigenvalue weighted by molar-refractivity contribution is 5.27. The zero-order valence-electron chi connectivity index (χ0n) is 17.1. The van der Waals surface area contributed by atoms with Crippen molar-refractivity contribution in [1.82, 2.24) is 15.0 Å². The Labute approximate surface area is 181 Å². The van der Waals surface area contributed by atoms with Gasteiger partial charge in [-0.15, -0.1) is 15.0 Å². The van der Waals surface area contributed by atoms with Crippen molar-refractivity contribution in [2.24, 2.45) is 0 Å². The SMILES string of the molecule is C1=CCC=C(COc2nc(OCc3ccccc3)nc(OCc3ccccc3)n2)C=C1. The van der Waals surface area contributed by atoms with Crippen molar-refractivity contribution >= 4 is 0 Å². The molecule has 1 aliphatic carbocycles. The van der Waals surface area contributed by atoms with Crippen LogP contribution in [0.25, 0.3) is 0 Å². The second kappa shape index (κ2) is 10.7. The van der Waals surface area contributed by atoms with Gasteiger partial charge >= 0.3 is 18.0 Å². The van der Waals surface area contributed by atoms with Gasteiger partial charge in [0, 0.05) is 0 Å². The lowest BCUT2D eigenvalue weighted by molar-refractivity contribution is 0.232. The highest BCUT2D eigenvalue weighted by atomic mass is 16.5. The summed E-state index contributed by atoms with van der Waals surface area (Å²) in [5.74, 6) is 0. The van der Waals surface area contributed by atoms with Gasteiger partial charge in [-0.3, -0.25) is 0 Å². The molecule has 0 spiro atoms. The number of nitrogens with zero attached hydrogens (tertiary/aromatic N) is 3. The van der Waals surface area contributed by atoms with Gasteiger partial charge in [0.2, 0.25) is 0 Å². The molecule has 0 radical (unpaired) electrons. The highest BCUT2D eigenvalue weighted by Gasteiger charge is 2.11. The van der Waals surface area contributed by atoms with Crippen LogP contribution in [0.5, 0.6) is 18.0 Å². The molecule has 4 rings (SSSR count). The molecular formula is C25H23N3O3. The summed E-state index contributed by atoms with van der Waals surface area (Å²) in [4.78, 5) is 12.9. The summed E-state index contributed by atoms with van der Waals surface area (Å²) in [6, 6.07) is 20.1. The van der Waals surface area contributed by atoms with Crippen molar-refractivity contribution in [1.29, 1.82) is 0 Å². The Morgan fingerprint density at radius 3 is 1.68 bits per heavy atom. The smallest absolute Gasteiger partial charge is 0.326 e. The summed E-state index contributed by atoms with van der Waals surface area (Å²) in [7, 11) is 0. The van der Waals surface area contributed by atoms with Gasteiger partial charge in [0.25, 0.3) is 0 Å². The lowest BCUT2D eigenvalue weighted by atomic mass is 10.2. The standard InChI is InChI=1S/C25H23N3O3/c1-2-6-12-20(11-5-1)17-29-23-26-24(30-18-21-13-7-3-8-14-21)28-25(27-23)31-19-22-15-9-4-10-16-22/h1-5,7-16H,6,17-19H2. The minimum atomic E-state index is 0.156. The first-order chi connectivity index (χ1) is 15.3. The minimum absolute atomic E-state index is 0.156. The van der Waals surface area contributed by atoms with Crippen LogP contribution in [0.15, 0.2) is 96.6 Å². The monoisotopic (exact) mass is 413 g/mol. The van der Waals surface area contributed by atoms with E-state index in [1.807, 2.05) is 78.9 Å². The molecule has 0 bridgehead atoms. The normalized spacial score (nSPS) is 12.7. The molecular weight excluding hydrogens is 390 g/mol. The fourth-order valence-corrected chi connectivity index (χ4v) is 2.84. The number of rotatable bonds is 9. The van der Waals surface area contributed by atoms with Crippen molar-refractivity contribution in [3.8, 4) is 18.0 Å². The number of hydrogen-bond donors (Lipinski definition) is 0. The maximum Gasteiger partial charge on any atom is 0.326 e. The average molecular weight is 413 g/mol. The van der Waals surface area contributed by atoms with Crippen molar-refractivity contribution in [3.05, 3.63) is 108 Å². The molecule has 1 aliphatic rings. The van der Waals surface area contributed by atoms with Crippen LogP contribution in [0.2, 0.25) is 0 Å². The van der Waals surface area contributed by atoms with Gasteiger partial charge in [-0.1, -0.05) is 91.0 Å². The average Bonchev–Trinajstić information content (AvgIpc) is 3.10. The third kappa shape index (κ3) is 6.54. The number of hydrogen-bond acceptors (Lipinski definition) is 6. The fourth-order valence-electron chi connectivity index (χ4n) is 2.84.